The zero-order chi connectivity index (χ0) is 8.39. The number of nitrogens with zero attached hydrogens (tertiary/aromatic N) is 2. The molecule has 3 N–H and O–H groups in total. The van der Waals surface area contributed by atoms with Crippen molar-refractivity contribution in [3.63, 3.8) is 0 Å². The zero-order valence-electron chi connectivity index (χ0n) is 6.83. The molecule has 0 amide bonds. The Labute approximate surface area is 71.2 Å². The first-order chi connectivity index (χ1) is 5.90. The molecule has 0 radical (unpaired) electrons. The SMILES string of the molecule is NCc1ccnnc1NC1CC1. The topological polar surface area (TPSA) is 63.8 Å². The predicted octanol–water partition coefficient (Wildman–Crippen LogP) is 0.510. The maximum atomic E-state index is 5.54. The van der Waals surface area contributed by atoms with E-state index in [1.165, 1.54) is 12.8 Å². The highest BCUT2D eigenvalue weighted by Gasteiger charge is 2.22. The fourth-order valence-corrected chi connectivity index (χ4v) is 1.06. The molecule has 0 aliphatic heterocycles. The third kappa shape index (κ3) is 1.53. The van der Waals surface area contributed by atoms with Gasteiger partial charge in [0.15, 0.2) is 5.82 Å². The first-order valence-corrected chi connectivity index (χ1v) is 4.17. The summed E-state index contributed by atoms with van der Waals surface area (Å²) in [4.78, 5) is 0. The van der Waals surface area contributed by atoms with Crippen LogP contribution in [-0.4, -0.2) is 16.2 Å². The van der Waals surface area contributed by atoms with Crippen molar-refractivity contribution in [1.29, 1.82) is 0 Å². The second-order valence-corrected chi connectivity index (χ2v) is 3.03. The van der Waals surface area contributed by atoms with Crippen molar-refractivity contribution in [2.24, 2.45) is 5.73 Å². The average molecular weight is 164 g/mol. The summed E-state index contributed by atoms with van der Waals surface area (Å²) in [5, 5.41) is 11.1. The molecule has 1 saturated carbocycles. The molecule has 1 aliphatic carbocycles. The maximum Gasteiger partial charge on any atom is 0.153 e. The zero-order valence-corrected chi connectivity index (χ0v) is 6.83. The lowest BCUT2D eigenvalue weighted by molar-refractivity contribution is 0.947. The van der Waals surface area contributed by atoms with E-state index < -0.39 is 0 Å². The third-order valence-corrected chi connectivity index (χ3v) is 1.94. The summed E-state index contributed by atoms with van der Waals surface area (Å²) < 4.78 is 0. The van der Waals surface area contributed by atoms with Crippen LogP contribution in [-0.2, 0) is 6.54 Å². The number of nitrogens with two attached hydrogens (primary N) is 1. The van der Waals surface area contributed by atoms with E-state index in [4.69, 9.17) is 5.73 Å². The summed E-state index contributed by atoms with van der Waals surface area (Å²) in [6, 6.07) is 2.50. The van der Waals surface area contributed by atoms with Gasteiger partial charge in [-0.2, -0.15) is 5.10 Å². The molecule has 0 spiro atoms. The average Bonchev–Trinajstić information content (AvgIpc) is 2.89. The number of nitrogens with one attached hydrogen (secondary N) is 1. The Morgan fingerprint density at radius 2 is 2.42 bits per heavy atom. The van der Waals surface area contributed by atoms with Crippen LogP contribution in [0.3, 0.4) is 0 Å². The van der Waals surface area contributed by atoms with Gasteiger partial charge in [0, 0.05) is 18.2 Å². The van der Waals surface area contributed by atoms with Gasteiger partial charge in [0.05, 0.1) is 6.20 Å². The van der Waals surface area contributed by atoms with E-state index in [-0.39, 0.29) is 0 Å². The predicted molar refractivity (Wildman–Crippen MR) is 46.6 cm³/mol. The molecule has 2 rings (SSSR count). The van der Waals surface area contributed by atoms with Gasteiger partial charge in [0.2, 0.25) is 0 Å². The second-order valence-electron chi connectivity index (χ2n) is 3.03. The first-order valence-electron chi connectivity index (χ1n) is 4.17. The molecule has 64 valence electrons. The van der Waals surface area contributed by atoms with Crippen molar-refractivity contribution in [2.45, 2.75) is 25.4 Å². The summed E-state index contributed by atoms with van der Waals surface area (Å²) in [6.45, 7) is 0.518. The van der Waals surface area contributed by atoms with Gasteiger partial charge in [-0.1, -0.05) is 0 Å². The highest BCUT2D eigenvalue weighted by atomic mass is 15.2. The van der Waals surface area contributed by atoms with Gasteiger partial charge in [-0.15, -0.1) is 5.10 Å². The van der Waals surface area contributed by atoms with Crippen molar-refractivity contribution in [1.82, 2.24) is 10.2 Å². The Bertz CT molecular complexity index is 270. The summed E-state index contributed by atoms with van der Waals surface area (Å²) in [6.07, 6.45) is 4.14. The standard InChI is InChI=1S/C8H12N4/c9-5-6-3-4-10-12-8(6)11-7-1-2-7/h3-4,7H,1-2,5,9H2,(H,11,12). The summed E-state index contributed by atoms with van der Waals surface area (Å²) in [5.41, 5.74) is 6.58. The summed E-state index contributed by atoms with van der Waals surface area (Å²) in [7, 11) is 0. The van der Waals surface area contributed by atoms with Crippen molar-refractivity contribution < 1.29 is 0 Å². The van der Waals surface area contributed by atoms with Gasteiger partial charge in [-0.05, 0) is 18.9 Å². The Hall–Kier alpha value is -1.16. The van der Waals surface area contributed by atoms with E-state index in [0.29, 0.717) is 12.6 Å². The Morgan fingerprint density at radius 3 is 3.08 bits per heavy atom. The smallest absolute Gasteiger partial charge is 0.153 e. The molecule has 0 aromatic carbocycles. The number of rotatable bonds is 3. The molecule has 0 bridgehead atoms. The molecule has 1 fully saturated rings. The number of hydrogen-bond acceptors (Lipinski definition) is 4. The number of hydrogen-bond donors (Lipinski definition) is 2. The molecule has 0 unspecified atom stereocenters. The van der Waals surface area contributed by atoms with Gasteiger partial charge in [-0.25, -0.2) is 0 Å². The van der Waals surface area contributed by atoms with Gasteiger partial charge in [0.1, 0.15) is 0 Å². The van der Waals surface area contributed by atoms with Crippen molar-refractivity contribution in [3.8, 4) is 0 Å². The minimum Gasteiger partial charge on any atom is -0.366 e. The van der Waals surface area contributed by atoms with Crippen LogP contribution < -0.4 is 11.1 Å². The van der Waals surface area contributed by atoms with E-state index in [1.807, 2.05) is 6.07 Å². The van der Waals surface area contributed by atoms with Crippen LogP contribution in [0.1, 0.15) is 18.4 Å². The lowest BCUT2D eigenvalue weighted by Crippen LogP contribution is -2.09. The molecule has 1 aromatic heterocycles. The summed E-state index contributed by atoms with van der Waals surface area (Å²) in [5.74, 6) is 0.850. The van der Waals surface area contributed by atoms with E-state index >= 15 is 0 Å². The van der Waals surface area contributed by atoms with Gasteiger partial charge < -0.3 is 11.1 Å². The summed E-state index contributed by atoms with van der Waals surface area (Å²) >= 11 is 0. The molecule has 4 heteroatoms. The molecule has 0 atom stereocenters. The fourth-order valence-electron chi connectivity index (χ4n) is 1.06. The maximum absolute atomic E-state index is 5.54. The van der Waals surface area contributed by atoms with E-state index in [0.717, 1.165) is 11.4 Å². The quantitative estimate of drug-likeness (QED) is 0.683. The van der Waals surface area contributed by atoms with Gasteiger partial charge >= 0.3 is 0 Å². The van der Waals surface area contributed by atoms with Crippen LogP contribution in [0.4, 0.5) is 5.82 Å². The molecule has 0 saturated heterocycles. The minimum absolute atomic E-state index is 0.518. The van der Waals surface area contributed by atoms with Crippen LogP contribution >= 0.6 is 0 Å². The lowest BCUT2D eigenvalue weighted by Gasteiger charge is -2.06. The minimum atomic E-state index is 0.518. The van der Waals surface area contributed by atoms with Crippen LogP contribution in [0.5, 0.6) is 0 Å². The normalized spacial score (nSPS) is 16.1. The lowest BCUT2D eigenvalue weighted by atomic mass is 10.3. The monoisotopic (exact) mass is 164 g/mol. The first kappa shape index (κ1) is 7.49. The van der Waals surface area contributed by atoms with E-state index in [2.05, 4.69) is 15.5 Å². The molecule has 1 aliphatic rings. The van der Waals surface area contributed by atoms with Crippen LogP contribution in [0.15, 0.2) is 12.3 Å². The molecule has 1 heterocycles. The Balaban J connectivity index is 2.15. The van der Waals surface area contributed by atoms with Crippen LogP contribution in [0, 0.1) is 0 Å². The van der Waals surface area contributed by atoms with Gasteiger partial charge in [0.25, 0.3) is 0 Å². The van der Waals surface area contributed by atoms with E-state index in [9.17, 15) is 0 Å². The van der Waals surface area contributed by atoms with Crippen molar-refractivity contribution in [3.05, 3.63) is 17.8 Å². The third-order valence-electron chi connectivity index (χ3n) is 1.94. The van der Waals surface area contributed by atoms with E-state index in [1.54, 1.807) is 6.20 Å². The van der Waals surface area contributed by atoms with Crippen LogP contribution in [0.25, 0.3) is 0 Å². The van der Waals surface area contributed by atoms with Crippen molar-refractivity contribution in [2.75, 3.05) is 5.32 Å². The largest absolute Gasteiger partial charge is 0.366 e. The Kier molecular flexibility index (Phi) is 1.91. The van der Waals surface area contributed by atoms with Gasteiger partial charge in [-0.3, -0.25) is 0 Å². The number of aromatic nitrogens is 2. The highest BCUT2D eigenvalue weighted by Crippen LogP contribution is 2.24. The molecule has 1 aromatic rings. The fraction of sp³-hybridized carbons (Fsp3) is 0.500. The van der Waals surface area contributed by atoms with Crippen LogP contribution in [0.2, 0.25) is 0 Å². The number of anilines is 1. The second kappa shape index (κ2) is 3.06. The Morgan fingerprint density at radius 1 is 1.58 bits per heavy atom. The molecular weight excluding hydrogens is 152 g/mol. The molecule has 4 nitrogen and oxygen atoms in total. The molecule has 12 heavy (non-hydrogen) atoms. The highest BCUT2D eigenvalue weighted by molar-refractivity contribution is 5.44. The van der Waals surface area contributed by atoms with Crippen molar-refractivity contribution >= 4 is 5.82 Å². The molecular formula is C8H12N4.